The zero-order valence-corrected chi connectivity index (χ0v) is 12.8. The second-order valence-corrected chi connectivity index (χ2v) is 6.02. The molecule has 2 heterocycles. The summed E-state index contributed by atoms with van der Waals surface area (Å²) in [6.07, 6.45) is 0.433. The molecule has 0 aliphatic carbocycles. The summed E-state index contributed by atoms with van der Waals surface area (Å²) in [5, 5.41) is 1.95. The second kappa shape index (κ2) is 6.83. The van der Waals surface area contributed by atoms with Crippen LogP contribution in [-0.4, -0.2) is 46.9 Å². The highest BCUT2D eigenvalue weighted by Gasteiger charge is 2.21. The molecule has 1 aliphatic rings. The van der Waals surface area contributed by atoms with Gasteiger partial charge in [-0.25, -0.2) is 4.98 Å². The van der Waals surface area contributed by atoms with E-state index in [9.17, 15) is 4.79 Å². The molecule has 1 aromatic heterocycles. The maximum absolute atomic E-state index is 12.2. The third-order valence-corrected chi connectivity index (χ3v) is 4.43. The molecule has 1 aromatic carbocycles. The van der Waals surface area contributed by atoms with Gasteiger partial charge >= 0.3 is 0 Å². The first-order chi connectivity index (χ1) is 10.3. The first-order valence-electron chi connectivity index (χ1n) is 7.22. The molecule has 0 spiro atoms. The number of rotatable bonds is 4. The summed E-state index contributed by atoms with van der Waals surface area (Å²) >= 11 is 1.54. The van der Waals surface area contributed by atoms with Crippen LogP contribution in [0.5, 0.6) is 0 Å². The van der Waals surface area contributed by atoms with Gasteiger partial charge in [0.05, 0.1) is 17.6 Å². The van der Waals surface area contributed by atoms with Crippen LogP contribution in [0, 0.1) is 0 Å². The van der Waals surface area contributed by atoms with E-state index in [1.807, 2.05) is 16.3 Å². The number of thiazole rings is 1. The lowest BCUT2D eigenvalue weighted by Crippen LogP contribution is -2.48. The van der Waals surface area contributed by atoms with Crippen LogP contribution in [0.15, 0.2) is 41.2 Å². The zero-order valence-electron chi connectivity index (χ0n) is 11.9. The van der Waals surface area contributed by atoms with Crippen molar-refractivity contribution < 1.29 is 4.79 Å². The van der Waals surface area contributed by atoms with Gasteiger partial charge in [0.15, 0.2) is 0 Å². The summed E-state index contributed by atoms with van der Waals surface area (Å²) in [6.45, 7) is 4.48. The molecule has 3 rings (SSSR count). The highest BCUT2D eigenvalue weighted by atomic mass is 32.1. The summed E-state index contributed by atoms with van der Waals surface area (Å²) in [4.78, 5) is 20.7. The van der Waals surface area contributed by atoms with Crippen molar-refractivity contribution in [2.24, 2.45) is 0 Å². The molecule has 1 amide bonds. The Bertz CT molecular complexity index is 562. The van der Waals surface area contributed by atoms with Gasteiger partial charge in [-0.05, 0) is 5.56 Å². The molecule has 21 heavy (non-hydrogen) atoms. The number of carbonyl (C=O) groups is 1. The number of hydrogen-bond acceptors (Lipinski definition) is 4. The van der Waals surface area contributed by atoms with E-state index in [1.165, 1.54) is 16.9 Å². The van der Waals surface area contributed by atoms with Crippen molar-refractivity contribution in [1.29, 1.82) is 0 Å². The quantitative estimate of drug-likeness (QED) is 0.867. The molecule has 0 unspecified atom stereocenters. The van der Waals surface area contributed by atoms with Crippen molar-refractivity contribution in [3.05, 3.63) is 52.5 Å². The first kappa shape index (κ1) is 14.2. The molecule has 0 bridgehead atoms. The van der Waals surface area contributed by atoms with Crippen LogP contribution in [0.1, 0.15) is 11.3 Å². The summed E-state index contributed by atoms with van der Waals surface area (Å²) in [7, 11) is 0. The van der Waals surface area contributed by atoms with E-state index in [2.05, 4.69) is 34.1 Å². The normalized spacial score (nSPS) is 16.1. The Labute approximate surface area is 129 Å². The van der Waals surface area contributed by atoms with E-state index >= 15 is 0 Å². The summed E-state index contributed by atoms with van der Waals surface area (Å²) in [5.74, 6) is 0.195. The van der Waals surface area contributed by atoms with Gasteiger partial charge in [0.25, 0.3) is 0 Å². The van der Waals surface area contributed by atoms with Crippen LogP contribution >= 0.6 is 11.3 Å². The molecule has 5 heteroatoms. The Morgan fingerprint density at radius 2 is 1.90 bits per heavy atom. The lowest BCUT2D eigenvalue weighted by molar-refractivity contribution is -0.132. The predicted octanol–water partition coefficient (Wildman–Crippen LogP) is 2.03. The Balaban J connectivity index is 1.47. The zero-order chi connectivity index (χ0) is 14.5. The predicted molar refractivity (Wildman–Crippen MR) is 84.1 cm³/mol. The van der Waals surface area contributed by atoms with Crippen LogP contribution in [0.25, 0.3) is 0 Å². The summed E-state index contributed by atoms with van der Waals surface area (Å²) in [6, 6.07) is 10.5. The van der Waals surface area contributed by atoms with Crippen LogP contribution < -0.4 is 0 Å². The van der Waals surface area contributed by atoms with E-state index in [0.717, 1.165) is 38.4 Å². The molecule has 0 N–H and O–H groups in total. The van der Waals surface area contributed by atoms with Gasteiger partial charge in [0.2, 0.25) is 5.91 Å². The monoisotopic (exact) mass is 301 g/mol. The van der Waals surface area contributed by atoms with Crippen molar-refractivity contribution in [3.63, 3.8) is 0 Å². The minimum Gasteiger partial charge on any atom is -0.340 e. The average Bonchev–Trinajstić information content (AvgIpc) is 3.02. The average molecular weight is 301 g/mol. The van der Waals surface area contributed by atoms with Gasteiger partial charge in [0.1, 0.15) is 0 Å². The fourth-order valence-corrected chi connectivity index (χ4v) is 3.15. The summed E-state index contributed by atoms with van der Waals surface area (Å²) < 4.78 is 0. The maximum atomic E-state index is 12.2. The van der Waals surface area contributed by atoms with Gasteiger partial charge in [0, 0.05) is 38.1 Å². The number of aromatic nitrogens is 1. The van der Waals surface area contributed by atoms with E-state index in [1.54, 1.807) is 5.51 Å². The molecule has 1 saturated heterocycles. The summed E-state index contributed by atoms with van der Waals surface area (Å²) in [5.41, 5.74) is 4.00. The standard InChI is InChI=1S/C16H19N3OS/c20-16(10-15-12-21-13-17-15)19-8-6-18(7-9-19)11-14-4-2-1-3-5-14/h1-5,12-13H,6-11H2. The van der Waals surface area contributed by atoms with Crippen LogP contribution in [0.3, 0.4) is 0 Å². The lowest BCUT2D eigenvalue weighted by atomic mass is 10.2. The fourth-order valence-electron chi connectivity index (χ4n) is 2.59. The fraction of sp³-hybridized carbons (Fsp3) is 0.375. The van der Waals surface area contributed by atoms with Crippen molar-refractivity contribution in [1.82, 2.24) is 14.8 Å². The smallest absolute Gasteiger partial charge is 0.228 e. The number of piperazine rings is 1. The van der Waals surface area contributed by atoms with Crippen molar-refractivity contribution in [2.75, 3.05) is 26.2 Å². The number of hydrogen-bond donors (Lipinski definition) is 0. The largest absolute Gasteiger partial charge is 0.340 e. The number of benzene rings is 1. The van der Waals surface area contributed by atoms with E-state index in [0.29, 0.717) is 6.42 Å². The van der Waals surface area contributed by atoms with E-state index in [4.69, 9.17) is 0 Å². The SMILES string of the molecule is O=C(Cc1cscn1)N1CCN(Cc2ccccc2)CC1. The molecule has 4 nitrogen and oxygen atoms in total. The van der Waals surface area contributed by atoms with Crippen molar-refractivity contribution in [2.45, 2.75) is 13.0 Å². The van der Waals surface area contributed by atoms with Gasteiger partial charge < -0.3 is 4.90 Å². The van der Waals surface area contributed by atoms with Crippen molar-refractivity contribution in [3.8, 4) is 0 Å². The molecule has 1 aliphatic heterocycles. The molecule has 0 atom stereocenters. The molecule has 110 valence electrons. The lowest BCUT2D eigenvalue weighted by Gasteiger charge is -2.34. The van der Waals surface area contributed by atoms with Gasteiger partial charge in [-0.1, -0.05) is 30.3 Å². The van der Waals surface area contributed by atoms with Gasteiger partial charge in [-0.2, -0.15) is 0 Å². The van der Waals surface area contributed by atoms with E-state index < -0.39 is 0 Å². The minimum atomic E-state index is 0.195. The van der Waals surface area contributed by atoms with Crippen LogP contribution in [-0.2, 0) is 17.8 Å². The van der Waals surface area contributed by atoms with Gasteiger partial charge in [-0.3, -0.25) is 9.69 Å². The third-order valence-electron chi connectivity index (χ3n) is 3.79. The highest BCUT2D eigenvalue weighted by Crippen LogP contribution is 2.10. The number of carbonyl (C=O) groups excluding carboxylic acids is 1. The second-order valence-electron chi connectivity index (χ2n) is 5.30. The minimum absolute atomic E-state index is 0.195. The Hall–Kier alpha value is -1.72. The highest BCUT2D eigenvalue weighted by molar-refractivity contribution is 7.07. The Morgan fingerprint density at radius 1 is 1.14 bits per heavy atom. The molecule has 0 saturated carbocycles. The van der Waals surface area contributed by atoms with Gasteiger partial charge in [-0.15, -0.1) is 11.3 Å². The van der Waals surface area contributed by atoms with Crippen LogP contribution in [0.2, 0.25) is 0 Å². The molecular weight excluding hydrogens is 282 g/mol. The molecule has 0 radical (unpaired) electrons. The van der Waals surface area contributed by atoms with Crippen molar-refractivity contribution >= 4 is 17.2 Å². The molecule has 2 aromatic rings. The molecular formula is C16H19N3OS. The molecule has 1 fully saturated rings. The Morgan fingerprint density at radius 3 is 2.57 bits per heavy atom. The topological polar surface area (TPSA) is 36.4 Å². The number of nitrogens with zero attached hydrogens (tertiary/aromatic N) is 3. The number of amides is 1. The first-order valence-corrected chi connectivity index (χ1v) is 8.16. The van der Waals surface area contributed by atoms with E-state index in [-0.39, 0.29) is 5.91 Å². The maximum Gasteiger partial charge on any atom is 0.228 e. The van der Waals surface area contributed by atoms with Crippen LogP contribution in [0.4, 0.5) is 0 Å². The third kappa shape index (κ3) is 3.89. The Kier molecular flexibility index (Phi) is 4.62.